The van der Waals surface area contributed by atoms with Gasteiger partial charge in [0.2, 0.25) is 0 Å². The Morgan fingerprint density at radius 1 is 1.39 bits per heavy atom. The second kappa shape index (κ2) is 6.82. The van der Waals surface area contributed by atoms with Crippen LogP contribution in [0.2, 0.25) is 0 Å². The number of nitrogens with one attached hydrogen (secondary N) is 1. The molecule has 2 aliphatic rings. The quantitative estimate of drug-likeness (QED) is 0.756. The van der Waals surface area contributed by atoms with Crippen molar-refractivity contribution in [2.45, 2.75) is 37.0 Å². The first kappa shape index (κ1) is 14.2. The molecule has 2 heterocycles. The molecule has 0 radical (unpaired) electrons. The van der Waals surface area contributed by atoms with Crippen LogP contribution in [0, 0.1) is 0 Å². The van der Waals surface area contributed by atoms with Crippen LogP contribution in [-0.2, 0) is 18.9 Å². The summed E-state index contributed by atoms with van der Waals surface area (Å²) in [6.45, 7) is 3.85. The van der Waals surface area contributed by atoms with Crippen LogP contribution in [-0.4, -0.2) is 64.9 Å². The van der Waals surface area contributed by atoms with Gasteiger partial charge in [-0.25, -0.2) is 0 Å². The van der Waals surface area contributed by atoms with Gasteiger partial charge in [-0.05, 0) is 12.8 Å². The lowest BCUT2D eigenvalue weighted by Crippen LogP contribution is -2.49. The maximum Gasteiger partial charge on any atom is 0.0951 e. The first-order valence-corrected chi connectivity index (χ1v) is 6.75. The minimum Gasteiger partial charge on any atom is -0.382 e. The molecule has 0 bridgehead atoms. The third-order valence-electron chi connectivity index (χ3n) is 3.88. The Hall–Kier alpha value is -0.200. The summed E-state index contributed by atoms with van der Waals surface area (Å²) in [5, 5.41) is 3.57. The molecule has 0 amide bonds. The number of hydrogen-bond donors (Lipinski definition) is 1. The normalized spacial score (nSPS) is 34.0. The minimum atomic E-state index is -0.0280. The molecule has 2 aliphatic heterocycles. The zero-order valence-corrected chi connectivity index (χ0v) is 11.4. The molecule has 0 aromatic heterocycles. The summed E-state index contributed by atoms with van der Waals surface area (Å²) in [6, 6.07) is 0.495. The highest BCUT2D eigenvalue weighted by Gasteiger charge is 2.40. The second-order valence-corrected chi connectivity index (χ2v) is 5.25. The lowest BCUT2D eigenvalue weighted by atomic mass is 9.89. The molecule has 2 rings (SSSR count). The van der Waals surface area contributed by atoms with Crippen molar-refractivity contribution >= 4 is 0 Å². The summed E-state index contributed by atoms with van der Waals surface area (Å²) in [7, 11) is 3.42. The molecule has 2 saturated heterocycles. The molecule has 18 heavy (non-hydrogen) atoms. The molecule has 1 N–H and O–H groups in total. The summed E-state index contributed by atoms with van der Waals surface area (Å²) >= 11 is 0. The van der Waals surface area contributed by atoms with E-state index in [0.29, 0.717) is 12.6 Å². The first-order valence-electron chi connectivity index (χ1n) is 6.75. The third-order valence-corrected chi connectivity index (χ3v) is 3.88. The van der Waals surface area contributed by atoms with E-state index in [9.17, 15) is 0 Å². The molecule has 3 unspecified atom stereocenters. The van der Waals surface area contributed by atoms with Crippen molar-refractivity contribution in [2.24, 2.45) is 0 Å². The molecule has 0 aliphatic carbocycles. The average Bonchev–Trinajstić information content (AvgIpc) is 2.82. The van der Waals surface area contributed by atoms with Crippen LogP contribution in [0.15, 0.2) is 0 Å². The Kier molecular flexibility index (Phi) is 5.38. The maximum absolute atomic E-state index is 5.92. The van der Waals surface area contributed by atoms with Crippen LogP contribution in [0.3, 0.4) is 0 Å². The summed E-state index contributed by atoms with van der Waals surface area (Å²) < 4.78 is 21.9. The fourth-order valence-electron chi connectivity index (χ4n) is 2.76. The van der Waals surface area contributed by atoms with Gasteiger partial charge >= 0.3 is 0 Å². The smallest absolute Gasteiger partial charge is 0.0951 e. The summed E-state index contributed by atoms with van der Waals surface area (Å²) in [4.78, 5) is 0. The van der Waals surface area contributed by atoms with E-state index < -0.39 is 0 Å². The lowest BCUT2D eigenvalue weighted by molar-refractivity contribution is -0.0907. The van der Waals surface area contributed by atoms with Gasteiger partial charge in [-0.15, -0.1) is 0 Å². The Bertz CT molecular complexity index is 243. The molecule has 0 saturated carbocycles. The zero-order valence-electron chi connectivity index (χ0n) is 11.4. The van der Waals surface area contributed by atoms with Crippen molar-refractivity contribution in [3.05, 3.63) is 0 Å². The molecular formula is C13H25NO4. The van der Waals surface area contributed by atoms with Gasteiger partial charge in [-0.1, -0.05) is 0 Å². The number of hydrogen-bond acceptors (Lipinski definition) is 5. The van der Waals surface area contributed by atoms with Crippen LogP contribution in [0.5, 0.6) is 0 Å². The fraction of sp³-hybridized carbons (Fsp3) is 1.00. The molecule has 1 spiro atoms. The predicted molar refractivity (Wildman–Crippen MR) is 67.8 cm³/mol. The maximum atomic E-state index is 5.92. The Morgan fingerprint density at radius 2 is 2.28 bits per heavy atom. The van der Waals surface area contributed by atoms with Crippen LogP contribution < -0.4 is 5.32 Å². The minimum absolute atomic E-state index is 0.0280. The fourth-order valence-corrected chi connectivity index (χ4v) is 2.76. The lowest BCUT2D eigenvalue weighted by Gasteiger charge is -2.37. The largest absolute Gasteiger partial charge is 0.382 e. The Labute approximate surface area is 109 Å². The molecule has 0 aromatic rings. The van der Waals surface area contributed by atoms with Gasteiger partial charge in [0.25, 0.3) is 0 Å². The van der Waals surface area contributed by atoms with E-state index in [4.69, 9.17) is 18.9 Å². The Balaban J connectivity index is 1.75. The van der Waals surface area contributed by atoms with E-state index in [1.807, 2.05) is 0 Å². The van der Waals surface area contributed by atoms with E-state index in [1.165, 1.54) is 0 Å². The molecule has 0 aromatic carbocycles. The predicted octanol–water partition coefficient (Wildman–Crippen LogP) is 0.576. The van der Waals surface area contributed by atoms with Gasteiger partial charge in [0.15, 0.2) is 0 Å². The van der Waals surface area contributed by atoms with Gasteiger partial charge in [0, 0.05) is 46.4 Å². The van der Waals surface area contributed by atoms with Gasteiger partial charge in [-0.3, -0.25) is 0 Å². The van der Waals surface area contributed by atoms with Crippen LogP contribution in [0.1, 0.15) is 19.3 Å². The first-order chi connectivity index (χ1) is 8.78. The van der Waals surface area contributed by atoms with Gasteiger partial charge in [0.1, 0.15) is 0 Å². The van der Waals surface area contributed by atoms with Crippen molar-refractivity contribution in [3.8, 4) is 0 Å². The third kappa shape index (κ3) is 3.65. The van der Waals surface area contributed by atoms with Crippen molar-refractivity contribution in [1.82, 2.24) is 5.32 Å². The van der Waals surface area contributed by atoms with E-state index in [2.05, 4.69) is 5.32 Å². The van der Waals surface area contributed by atoms with Gasteiger partial charge in [0.05, 0.1) is 24.9 Å². The van der Waals surface area contributed by atoms with Gasteiger partial charge < -0.3 is 24.3 Å². The van der Waals surface area contributed by atoms with Crippen molar-refractivity contribution in [2.75, 3.05) is 47.2 Å². The molecule has 106 valence electrons. The average molecular weight is 259 g/mol. The van der Waals surface area contributed by atoms with E-state index in [0.717, 1.165) is 45.6 Å². The number of methoxy groups -OCH3 is 2. The van der Waals surface area contributed by atoms with Crippen LogP contribution >= 0.6 is 0 Å². The highest BCUT2D eigenvalue weighted by molar-refractivity contribution is 4.92. The standard InChI is InChI=1S/C13H25NO4/c1-15-9-12(16-2)8-14-11-3-5-18-13(7-11)4-6-17-10-13/h11-12,14H,3-10H2,1-2H3. The second-order valence-electron chi connectivity index (χ2n) is 5.25. The van der Waals surface area contributed by atoms with Crippen molar-refractivity contribution < 1.29 is 18.9 Å². The van der Waals surface area contributed by atoms with Crippen LogP contribution in [0.25, 0.3) is 0 Å². The monoisotopic (exact) mass is 259 g/mol. The summed E-state index contributed by atoms with van der Waals surface area (Å²) in [6.07, 6.45) is 3.24. The highest BCUT2D eigenvalue weighted by Crippen LogP contribution is 2.32. The topological polar surface area (TPSA) is 49.0 Å². The highest BCUT2D eigenvalue weighted by atomic mass is 16.6. The number of ether oxygens (including phenoxy) is 4. The SMILES string of the molecule is COCC(CNC1CCOC2(CCOC2)C1)OC. The van der Waals surface area contributed by atoms with Crippen LogP contribution in [0.4, 0.5) is 0 Å². The molecule has 5 heteroatoms. The van der Waals surface area contributed by atoms with Crippen molar-refractivity contribution in [1.29, 1.82) is 0 Å². The summed E-state index contributed by atoms with van der Waals surface area (Å²) in [5.41, 5.74) is -0.0280. The van der Waals surface area contributed by atoms with E-state index in [1.54, 1.807) is 14.2 Å². The van der Waals surface area contributed by atoms with E-state index >= 15 is 0 Å². The molecular weight excluding hydrogens is 234 g/mol. The molecule has 5 nitrogen and oxygen atoms in total. The van der Waals surface area contributed by atoms with Crippen molar-refractivity contribution in [3.63, 3.8) is 0 Å². The Morgan fingerprint density at radius 3 is 2.94 bits per heavy atom. The molecule has 3 atom stereocenters. The van der Waals surface area contributed by atoms with E-state index in [-0.39, 0.29) is 11.7 Å². The number of rotatable bonds is 6. The summed E-state index contributed by atoms with van der Waals surface area (Å²) in [5.74, 6) is 0. The molecule has 2 fully saturated rings. The van der Waals surface area contributed by atoms with Gasteiger partial charge in [-0.2, -0.15) is 0 Å². The zero-order chi connectivity index (χ0) is 12.8.